The van der Waals surface area contributed by atoms with Gasteiger partial charge in [0.15, 0.2) is 0 Å². The van der Waals surface area contributed by atoms with E-state index in [-0.39, 0.29) is 11.7 Å². The predicted molar refractivity (Wildman–Crippen MR) is 74.3 cm³/mol. The summed E-state index contributed by atoms with van der Waals surface area (Å²) in [4.78, 5) is 11.4. The highest BCUT2D eigenvalue weighted by Gasteiger charge is 2.10. The molecule has 0 aliphatic rings. The Hall–Kier alpha value is -2.09. The number of nitrogens with zero attached hydrogens (tertiary/aromatic N) is 4. The van der Waals surface area contributed by atoms with Crippen LogP contribution < -0.4 is 5.32 Å². The SMILES string of the molecule is C=CCNC(=O)CSc1nnc(Cn2ccc(C)n2)o1. The molecule has 0 bridgehead atoms. The smallest absolute Gasteiger partial charge is 0.277 e. The monoisotopic (exact) mass is 293 g/mol. The summed E-state index contributed by atoms with van der Waals surface area (Å²) in [6.45, 7) is 6.31. The minimum absolute atomic E-state index is 0.0997. The lowest BCUT2D eigenvalue weighted by molar-refractivity contribution is -0.118. The van der Waals surface area contributed by atoms with Gasteiger partial charge in [-0.1, -0.05) is 17.8 Å². The van der Waals surface area contributed by atoms with Crippen LogP contribution in [0.2, 0.25) is 0 Å². The Morgan fingerprint density at radius 2 is 2.45 bits per heavy atom. The number of rotatable bonds is 7. The van der Waals surface area contributed by atoms with Crippen LogP contribution in [-0.4, -0.2) is 38.2 Å². The lowest BCUT2D eigenvalue weighted by Crippen LogP contribution is -2.24. The first-order valence-corrected chi connectivity index (χ1v) is 6.99. The topological polar surface area (TPSA) is 85.8 Å². The summed E-state index contributed by atoms with van der Waals surface area (Å²) in [5, 5.41) is 15.1. The van der Waals surface area contributed by atoms with Gasteiger partial charge in [-0.15, -0.1) is 16.8 Å². The lowest BCUT2D eigenvalue weighted by atomic mass is 10.5. The summed E-state index contributed by atoms with van der Waals surface area (Å²) in [6, 6.07) is 1.90. The molecule has 8 heteroatoms. The van der Waals surface area contributed by atoms with Crippen molar-refractivity contribution < 1.29 is 9.21 Å². The fourth-order valence-corrected chi connectivity index (χ4v) is 2.02. The third-order valence-electron chi connectivity index (χ3n) is 2.29. The largest absolute Gasteiger partial charge is 0.414 e. The number of carbonyl (C=O) groups excluding carboxylic acids is 1. The Kier molecular flexibility index (Phi) is 4.94. The number of hydrogen-bond acceptors (Lipinski definition) is 6. The molecule has 20 heavy (non-hydrogen) atoms. The van der Waals surface area contributed by atoms with Crippen LogP contribution in [0.4, 0.5) is 0 Å². The van der Waals surface area contributed by atoms with E-state index in [1.807, 2.05) is 19.2 Å². The molecule has 1 N–H and O–H groups in total. The summed E-state index contributed by atoms with van der Waals surface area (Å²) in [5.41, 5.74) is 0.929. The average molecular weight is 293 g/mol. The standard InChI is InChI=1S/C12H15N5O2S/c1-3-5-13-10(18)8-20-12-15-14-11(19-12)7-17-6-4-9(2)16-17/h3-4,6H,1,5,7-8H2,2H3,(H,13,18). The Bertz CT molecular complexity index is 592. The predicted octanol–water partition coefficient (Wildman–Crippen LogP) is 1.02. The molecule has 2 aromatic rings. The van der Waals surface area contributed by atoms with Gasteiger partial charge in [0.2, 0.25) is 11.8 Å². The first-order chi connectivity index (χ1) is 9.67. The fourth-order valence-electron chi connectivity index (χ4n) is 1.41. The minimum atomic E-state index is -0.0997. The van der Waals surface area contributed by atoms with Crippen molar-refractivity contribution in [3.05, 3.63) is 36.5 Å². The van der Waals surface area contributed by atoms with Gasteiger partial charge in [-0.05, 0) is 13.0 Å². The van der Waals surface area contributed by atoms with E-state index < -0.39 is 0 Å². The first kappa shape index (κ1) is 14.3. The molecule has 0 aliphatic heterocycles. The van der Waals surface area contributed by atoms with Crippen molar-refractivity contribution in [1.82, 2.24) is 25.3 Å². The molecule has 0 spiro atoms. The van der Waals surface area contributed by atoms with E-state index >= 15 is 0 Å². The van der Waals surface area contributed by atoms with Gasteiger partial charge in [0.1, 0.15) is 6.54 Å². The molecule has 106 valence electrons. The second-order valence-electron chi connectivity index (χ2n) is 4.00. The van der Waals surface area contributed by atoms with Crippen LogP contribution in [0.25, 0.3) is 0 Å². The summed E-state index contributed by atoms with van der Waals surface area (Å²) >= 11 is 1.20. The quantitative estimate of drug-likeness (QED) is 0.606. The normalized spacial score (nSPS) is 10.4. The maximum atomic E-state index is 11.4. The van der Waals surface area contributed by atoms with Crippen LogP contribution in [0.3, 0.4) is 0 Å². The molecular weight excluding hydrogens is 278 g/mol. The molecule has 0 fully saturated rings. The van der Waals surface area contributed by atoms with Crippen molar-refractivity contribution in [2.75, 3.05) is 12.3 Å². The van der Waals surface area contributed by atoms with Gasteiger partial charge >= 0.3 is 0 Å². The molecule has 2 heterocycles. The lowest BCUT2D eigenvalue weighted by Gasteiger charge is -1.98. The van der Waals surface area contributed by atoms with Crippen LogP contribution in [0, 0.1) is 6.92 Å². The summed E-state index contributed by atoms with van der Waals surface area (Å²) < 4.78 is 7.15. The molecule has 7 nitrogen and oxygen atoms in total. The van der Waals surface area contributed by atoms with Crippen molar-refractivity contribution in [1.29, 1.82) is 0 Å². The van der Waals surface area contributed by atoms with Crippen LogP contribution in [-0.2, 0) is 11.3 Å². The summed E-state index contributed by atoms with van der Waals surface area (Å²) in [5.74, 6) is 0.593. The molecule has 0 aliphatic carbocycles. The number of hydrogen-bond donors (Lipinski definition) is 1. The van der Waals surface area contributed by atoms with Gasteiger partial charge < -0.3 is 9.73 Å². The highest BCUT2D eigenvalue weighted by Crippen LogP contribution is 2.16. The Morgan fingerprint density at radius 1 is 1.60 bits per heavy atom. The number of aryl methyl sites for hydroxylation is 1. The van der Waals surface area contributed by atoms with Gasteiger partial charge in [-0.25, -0.2) is 0 Å². The molecule has 2 aromatic heterocycles. The molecule has 0 atom stereocenters. The van der Waals surface area contributed by atoms with Gasteiger partial charge in [0, 0.05) is 12.7 Å². The molecule has 0 aromatic carbocycles. The molecule has 2 rings (SSSR count). The van der Waals surface area contributed by atoms with E-state index in [1.54, 1.807) is 10.8 Å². The zero-order chi connectivity index (χ0) is 14.4. The molecular formula is C12H15N5O2S. The van der Waals surface area contributed by atoms with Crippen molar-refractivity contribution >= 4 is 17.7 Å². The minimum Gasteiger partial charge on any atom is -0.414 e. The first-order valence-electron chi connectivity index (χ1n) is 6.00. The fraction of sp³-hybridized carbons (Fsp3) is 0.333. The second kappa shape index (κ2) is 6.90. The Labute approximate surface area is 120 Å². The summed E-state index contributed by atoms with van der Waals surface area (Å²) in [7, 11) is 0. The van der Waals surface area contributed by atoms with Gasteiger partial charge in [-0.3, -0.25) is 9.48 Å². The number of aromatic nitrogens is 4. The Morgan fingerprint density at radius 3 is 3.15 bits per heavy atom. The van der Waals surface area contributed by atoms with Gasteiger partial charge in [0.25, 0.3) is 5.22 Å². The highest BCUT2D eigenvalue weighted by molar-refractivity contribution is 7.99. The average Bonchev–Trinajstić information content (AvgIpc) is 3.04. The van der Waals surface area contributed by atoms with E-state index in [9.17, 15) is 4.79 Å². The molecule has 0 saturated heterocycles. The Balaban J connectivity index is 1.83. The van der Waals surface area contributed by atoms with Crippen LogP contribution in [0.5, 0.6) is 0 Å². The van der Waals surface area contributed by atoms with Gasteiger partial charge in [-0.2, -0.15) is 5.10 Å². The van der Waals surface area contributed by atoms with E-state index in [0.717, 1.165) is 5.69 Å². The zero-order valence-electron chi connectivity index (χ0n) is 11.1. The number of thioether (sulfide) groups is 1. The van der Waals surface area contributed by atoms with Crippen molar-refractivity contribution in [3.63, 3.8) is 0 Å². The van der Waals surface area contributed by atoms with Crippen molar-refractivity contribution in [2.24, 2.45) is 0 Å². The number of nitrogens with one attached hydrogen (secondary N) is 1. The number of carbonyl (C=O) groups is 1. The second-order valence-corrected chi connectivity index (χ2v) is 4.92. The highest BCUT2D eigenvalue weighted by atomic mass is 32.2. The van der Waals surface area contributed by atoms with Gasteiger partial charge in [0.05, 0.1) is 11.4 Å². The third kappa shape index (κ3) is 4.23. The van der Waals surface area contributed by atoms with E-state index in [0.29, 0.717) is 24.2 Å². The molecule has 1 amide bonds. The maximum absolute atomic E-state index is 11.4. The van der Waals surface area contributed by atoms with Crippen LogP contribution in [0.15, 0.2) is 34.6 Å². The van der Waals surface area contributed by atoms with Crippen LogP contribution in [0.1, 0.15) is 11.6 Å². The van der Waals surface area contributed by atoms with E-state index in [4.69, 9.17) is 4.42 Å². The van der Waals surface area contributed by atoms with Crippen molar-refractivity contribution in [2.45, 2.75) is 18.7 Å². The maximum Gasteiger partial charge on any atom is 0.277 e. The zero-order valence-corrected chi connectivity index (χ0v) is 11.9. The van der Waals surface area contributed by atoms with E-state index in [1.165, 1.54) is 11.8 Å². The molecule has 0 unspecified atom stereocenters. The van der Waals surface area contributed by atoms with Crippen molar-refractivity contribution in [3.8, 4) is 0 Å². The summed E-state index contributed by atoms with van der Waals surface area (Å²) in [6.07, 6.45) is 3.47. The number of amides is 1. The molecule has 0 radical (unpaired) electrons. The van der Waals surface area contributed by atoms with E-state index in [2.05, 4.69) is 27.2 Å². The van der Waals surface area contributed by atoms with Crippen LogP contribution >= 0.6 is 11.8 Å². The third-order valence-corrected chi connectivity index (χ3v) is 3.11. The molecule has 0 saturated carbocycles.